The van der Waals surface area contributed by atoms with Gasteiger partial charge in [-0.05, 0) is 13.3 Å². The second-order valence-corrected chi connectivity index (χ2v) is 2.63. The predicted molar refractivity (Wildman–Crippen MR) is 42.4 cm³/mol. The third-order valence-corrected chi connectivity index (χ3v) is 1.06. The maximum Gasteiger partial charge on any atom is 0.241 e. The Kier molecular flexibility index (Phi) is 12.2. The molecule has 1 unspecified atom stereocenters. The minimum Gasteiger partial charge on any atom is -0.251 e. The molecule has 0 bridgehead atoms. The van der Waals surface area contributed by atoms with Crippen LogP contribution in [0.15, 0.2) is 0 Å². The molecule has 0 aliphatic rings. The van der Waals surface area contributed by atoms with Crippen LogP contribution in [0.1, 0.15) is 26.2 Å². The fraction of sp³-hybridized carbons (Fsp3) is 1.00. The monoisotopic (exact) mass is 224 g/mol. The van der Waals surface area contributed by atoms with Gasteiger partial charge in [-0.15, -0.1) is 0 Å². The molecule has 0 aliphatic carbocycles. The van der Waals surface area contributed by atoms with Crippen molar-refractivity contribution in [1.82, 2.24) is 0 Å². The summed E-state index contributed by atoms with van der Waals surface area (Å²) in [5.74, 6) is 0. The van der Waals surface area contributed by atoms with Gasteiger partial charge in [-0.1, -0.05) is 0 Å². The maximum absolute atomic E-state index is 11.5. The van der Waals surface area contributed by atoms with Gasteiger partial charge in [0.15, 0.2) is 0 Å². The Morgan fingerprint density at radius 3 is 1.50 bits per heavy atom. The minimum absolute atomic E-state index is 0.0162. The van der Waals surface area contributed by atoms with E-state index in [1.807, 2.05) is 0 Å². The first-order chi connectivity index (χ1) is 6.40. The van der Waals surface area contributed by atoms with E-state index in [-0.39, 0.29) is 12.8 Å². The Morgan fingerprint density at radius 2 is 1.43 bits per heavy atom. The Bertz CT molecular complexity index is 98.0. The molecule has 1 atom stereocenters. The number of rotatable bonds is 5. The quantitative estimate of drug-likeness (QED) is 0.619. The Labute approximate surface area is 79.3 Å². The normalized spacial score (nSPS) is 12.6. The molecule has 0 amide bonds. The van der Waals surface area contributed by atoms with Crippen LogP contribution in [0.3, 0.4) is 0 Å². The number of hydrogen-bond acceptors (Lipinski definition) is 0. The van der Waals surface area contributed by atoms with Crippen LogP contribution >= 0.6 is 0 Å². The second kappa shape index (κ2) is 10.7. The van der Waals surface area contributed by atoms with Gasteiger partial charge in [0.1, 0.15) is 6.17 Å². The molecule has 0 rings (SSSR count). The van der Waals surface area contributed by atoms with E-state index in [4.69, 9.17) is 0 Å². The van der Waals surface area contributed by atoms with Crippen molar-refractivity contribution in [3.63, 3.8) is 0 Å². The van der Waals surface area contributed by atoms with Gasteiger partial charge in [0.05, 0.1) is 6.67 Å². The highest BCUT2D eigenvalue weighted by molar-refractivity contribution is 4.47. The van der Waals surface area contributed by atoms with Crippen LogP contribution in [0.4, 0.5) is 26.3 Å². The van der Waals surface area contributed by atoms with Crippen LogP contribution < -0.4 is 0 Å². The molecule has 0 saturated carbocycles. The van der Waals surface area contributed by atoms with Crippen molar-refractivity contribution in [3.05, 3.63) is 0 Å². The highest BCUT2D eigenvalue weighted by Gasteiger charge is 2.06. The Hall–Kier alpha value is -0.420. The van der Waals surface area contributed by atoms with Crippen molar-refractivity contribution in [2.75, 3.05) is 6.67 Å². The standard InChI is InChI=1S/2C4H7F3/c1-3(5)2-4(6)7;5-3-1-2-4(6)7/h3-4H,2H2,1H3;4H,1-3H2. The molecule has 0 aromatic heterocycles. The first kappa shape index (κ1) is 16.0. The highest BCUT2D eigenvalue weighted by atomic mass is 19.3. The van der Waals surface area contributed by atoms with E-state index < -0.39 is 32.1 Å². The van der Waals surface area contributed by atoms with Crippen LogP contribution in [0.2, 0.25) is 0 Å². The van der Waals surface area contributed by atoms with Crippen LogP contribution in [0.5, 0.6) is 0 Å². The number of hydrogen-bond donors (Lipinski definition) is 0. The summed E-state index contributed by atoms with van der Waals surface area (Å²) in [4.78, 5) is 0. The smallest absolute Gasteiger partial charge is 0.241 e. The first-order valence-corrected chi connectivity index (χ1v) is 4.16. The lowest BCUT2D eigenvalue weighted by atomic mass is 10.3. The van der Waals surface area contributed by atoms with Gasteiger partial charge in [-0.2, -0.15) is 0 Å². The highest BCUT2D eigenvalue weighted by Crippen LogP contribution is 2.05. The van der Waals surface area contributed by atoms with E-state index in [9.17, 15) is 26.3 Å². The van der Waals surface area contributed by atoms with Crippen LogP contribution in [-0.4, -0.2) is 25.7 Å². The molecular weight excluding hydrogens is 210 g/mol. The molecule has 0 saturated heterocycles. The van der Waals surface area contributed by atoms with Crippen molar-refractivity contribution < 1.29 is 26.3 Å². The lowest BCUT2D eigenvalue weighted by molar-refractivity contribution is 0.106. The minimum atomic E-state index is -2.50. The molecule has 0 radical (unpaired) electrons. The van der Waals surface area contributed by atoms with Crippen LogP contribution in [-0.2, 0) is 0 Å². The summed E-state index contributed by atoms with van der Waals surface area (Å²) in [6.07, 6.45) is -7.18. The van der Waals surface area contributed by atoms with Crippen molar-refractivity contribution in [2.24, 2.45) is 0 Å². The van der Waals surface area contributed by atoms with E-state index in [1.165, 1.54) is 0 Å². The van der Waals surface area contributed by atoms with Crippen molar-refractivity contribution >= 4 is 0 Å². The lowest BCUT2D eigenvalue weighted by Gasteiger charge is -1.96. The summed E-state index contributed by atoms with van der Waals surface area (Å²) in [6, 6.07) is 0. The Balaban J connectivity index is 0. The summed E-state index contributed by atoms with van der Waals surface area (Å²) in [6.45, 7) is 0.483. The second-order valence-electron chi connectivity index (χ2n) is 2.63. The van der Waals surface area contributed by atoms with E-state index >= 15 is 0 Å². The fourth-order valence-corrected chi connectivity index (χ4v) is 0.477. The summed E-state index contributed by atoms with van der Waals surface area (Å²) in [7, 11) is 0. The fourth-order valence-electron chi connectivity index (χ4n) is 0.477. The molecule has 0 spiro atoms. The van der Waals surface area contributed by atoms with Crippen LogP contribution in [0.25, 0.3) is 0 Å². The molecule has 0 N–H and O–H groups in total. The van der Waals surface area contributed by atoms with Gasteiger partial charge in [0.25, 0.3) is 0 Å². The zero-order valence-electron chi connectivity index (χ0n) is 7.83. The summed E-state index contributed by atoms with van der Waals surface area (Å²) < 4.78 is 66.7. The zero-order chi connectivity index (χ0) is 11.6. The summed E-state index contributed by atoms with van der Waals surface area (Å²) >= 11 is 0. The van der Waals surface area contributed by atoms with Crippen molar-refractivity contribution in [3.8, 4) is 0 Å². The van der Waals surface area contributed by atoms with Crippen molar-refractivity contribution in [2.45, 2.75) is 45.2 Å². The topological polar surface area (TPSA) is 0 Å². The molecule has 6 heteroatoms. The van der Waals surface area contributed by atoms with Gasteiger partial charge in [-0.3, -0.25) is 4.39 Å². The van der Waals surface area contributed by atoms with E-state index in [0.717, 1.165) is 6.92 Å². The lowest BCUT2D eigenvalue weighted by Crippen LogP contribution is -1.99. The summed E-state index contributed by atoms with van der Waals surface area (Å²) in [5, 5.41) is 0. The number of alkyl halides is 6. The molecule has 0 aromatic rings. The molecule has 0 fully saturated rings. The van der Waals surface area contributed by atoms with Crippen molar-refractivity contribution in [1.29, 1.82) is 0 Å². The van der Waals surface area contributed by atoms with E-state index in [2.05, 4.69) is 0 Å². The molecular formula is C8H14F6. The maximum atomic E-state index is 11.5. The van der Waals surface area contributed by atoms with Crippen LogP contribution in [0, 0.1) is 0 Å². The SMILES string of the molecule is CC(F)CC(F)F.FCCCC(F)F. The predicted octanol–water partition coefficient (Wildman–Crippen LogP) is 4.00. The average Bonchev–Trinajstić information content (AvgIpc) is 1.99. The molecule has 0 aromatic carbocycles. The zero-order valence-corrected chi connectivity index (χ0v) is 7.83. The third kappa shape index (κ3) is 22.6. The summed E-state index contributed by atoms with van der Waals surface area (Å²) in [5.41, 5.74) is 0. The molecule has 0 nitrogen and oxygen atoms in total. The van der Waals surface area contributed by atoms with Gasteiger partial charge in [0.2, 0.25) is 12.9 Å². The van der Waals surface area contributed by atoms with Gasteiger partial charge in [0, 0.05) is 12.8 Å². The average molecular weight is 224 g/mol. The van der Waals surface area contributed by atoms with E-state index in [0.29, 0.717) is 0 Å². The molecule has 0 aliphatic heterocycles. The largest absolute Gasteiger partial charge is 0.251 e. The van der Waals surface area contributed by atoms with Gasteiger partial charge < -0.3 is 0 Å². The van der Waals surface area contributed by atoms with Gasteiger partial charge >= 0.3 is 0 Å². The number of halogens is 6. The molecule has 14 heavy (non-hydrogen) atoms. The Morgan fingerprint density at radius 1 is 0.929 bits per heavy atom. The molecule has 0 heterocycles. The molecule has 88 valence electrons. The van der Waals surface area contributed by atoms with Gasteiger partial charge in [-0.25, -0.2) is 22.0 Å². The van der Waals surface area contributed by atoms with E-state index in [1.54, 1.807) is 0 Å². The first-order valence-electron chi connectivity index (χ1n) is 4.16. The third-order valence-electron chi connectivity index (χ3n) is 1.06.